The third-order valence-corrected chi connectivity index (χ3v) is 4.55. The van der Waals surface area contributed by atoms with Gasteiger partial charge in [0.15, 0.2) is 0 Å². The van der Waals surface area contributed by atoms with Crippen LogP contribution in [0.2, 0.25) is 0 Å². The van der Waals surface area contributed by atoms with Gasteiger partial charge in [0, 0.05) is 33.1 Å². The fraction of sp³-hybridized carbons (Fsp3) is 0.385. The highest BCUT2D eigenvalue weighted by atomic mass is 32.1. The van der Waals surface area contributed by atoms with Gasteiger partial charge in [-0.3, -0.25) is 0 Å². The number of rotatable bonds is 1. The van der Waals surface area contributed by atoms with Crippen molar-refractivity contribution in [3.63, 3.8) is 0 Å². The van der Waals surface area contributed by atoms with Crippen LogP contribution in [-0.2, 0) is 6.42 Å². The third-order valence-electron chi connectivity index (χ3n) is 3.04. The second-order valence-electron chi connectivity index (χ2n) is 4.68. The molecule has 0 aliphatic heterocycles. The number of hydrogen-bond donors (Lipinski definition) is 1. The van der Waals surface area contributed by atoms with Gasteiger partial charge in [-0.05, 0) is 30.5 Å². The Bertz CT molecular complexity index is 517. The maximum atomic E-state index is 3.44. The summed E-state index contributed by atoms with van der Waals surface area (Å²) in [5.74, 6) is 0.657. The predicted molar refractivity (Wildman–Crippen MR) is 65.7 cm³/mol. The lowest BCUT2D eigenvalue weighted by molar-refractivity contribution is 0.888. The van der Waals surface area contributed by atoms with Crippen LogP contribution in [0.3, 0.4) is 0 Å². The van der Waals surface area contributed by atoms with Gasteiger partial charge in [0.1, 0.15) is 0 Å². The number of aromatic nitrogens is 1. The molecule has 0 bridgehead atoms. The van der Waals surface area contributed by atoms with Crippen molar-refractivity contribution in [2.24, 2.45) is 0 Å². The van der Waals surface area contributed by atoms with Gasteiger partial charge in [0.25, 0.3) is 0 Å². The summed E-state index contributed by atoms with van der Waals surface area (Å²) in [7, 11) is 0. The van der Waals surface area contributed by atoms with Crippen molar-refractivity contribution in [3.05, 3.63) is 34.0 Å². The Morgan fingerprint density at radius 1 is 1.33 bits per heavy atom. The molecule has 0 saturated carbocycles. The second-order valence-corrected chi connectivity index (χ2v) is 5.76. The molecule has 2 heterocycles. The zero-order chi connectivity index (χ0) is 10.6. The Balaban J connectivity index is 2.14. The van der Waals surface area contributed by atoms with Crippen molar-refractivity contribution in [2.45, 2.75) is 33.1 Å². The lowest BCUT2D eigenvalue weighted by atomic mass is 10.1. The van der Waals surface area contributed by atoms with E-state index in [1.165, 1.54) is 32.3 Å². The summed E-state index contributed by atoms with van der Waals surface area (Å²) >= 11 is 1.97. The van der Waals surface area contributed by atoms with E-state index in [-0.39, 0.29) is 0 Å². The first-order chi connectivity index (χ1) is 7.15. The van der Waals surface area contributed by atoms with Crippen LogP contribution in [0.4, 0.5) is 0 Å². The molecule has 1 nitrogen and oxygen atoms in total. The van der Waals surface area contributed by atoms with E-state index < -0.39 is 0 Å². The van der Waals surface area contributed by atoms with Crippen LogP contribution >= 0.6 is 11.3 Å². The normalized spacial score (nSPS) is 13.3. The summed E-state index contributed by atoms with van der Waals surface area (Å²) in [5, 5.41) is 0. The van der Waals surface area contributed by atoms with Crippen LogP contribution in [-0.4, -0.2) is 4.98 Å². The molecule has 0 unspecified atom stereocenters. The van der Waals surface area contributed by atoms with Gasteiger partial charge in [-0.2, -0.15) is 0 Å². The molecule has 2 aromatic rings. The topological polar surface area (TPSA) is 15.8 Å². The Morgan fingerprint density at radius 2 is 2.13 bits per heavy atom. The molecular formula is C13H15NS. The van der Waals surface area contributed by atoms with Gasteiger partial charge < -0.3 is 4.98 Å². The van der Waals surface area contributed by atoms with Crippen molar-refractivity contribution >= 4 is 11.3 Å². The number of aryl methyl sites for hydroxylation is 1. The largest absolute Gasteiger partial charge is 0.362 e. The molecule has 0 atom stereocenters. The molecule has 0 aromatic carbocycles. The van der Waals surface area contributed by atoms with Gasteiger partial charge in [-0.15, -0.1) is 11.3 Å². The van der Waals surface area contributed by atoms with Crippen molar-refractivity contribution in [1.82, 2.24) is 4.98 Å². The van der Waals surface area contributed by atoms with Gasteiger partial charge in [-0.25, -0.2) is 0 Å². The lowest BCUT2D eigenvalue weighted by Gasteiger charge is -1.98. The highest BCUT2D eigenvalue weighted by Gasteiger charge is 2.23. The van der Waals surface area contributed by atoms with Crippen molar-refractivity contribution in [3.8, 4) is 10.4 Å². The monoisotopic (exact) mass is 217 g/mol. The summed E-state index contributed by atoms with van der Waals surface area (Å²) in [6, 6.07) is 4.66. The quantitative estimate of drug-likeness (QED) is 0.632. The van der Waals surface area contributed by atoms with Gasteiger partial charge in [0.2, 0.25) is 0 Å². The average molecular weight is 217 g/mol. The summed E-state index contributed by atoms with van der Waals surface area (Å²) in [6.07, 6.45) is 1.10. The van der Waals surface area contributed by atoms with Crippen molar-refractivity contribution < 1.29 is 0 Å². The first kappa shape index (κ1) is 9.22. The third kappa shape index (κ3) is 1.28. The van der Waals surface area contributed by atoms with E-state index in [1.807, 2.05) is 11.3 Å². The molecule has 1 N–H and O–H groups in total. The van der Waals surface area contributed by atoms with Crippen molar-refractivity contribution in [1.29, 1.82) is 0 Å². The Labute approximate surface area is 94.2 Å². The van der Waals surface area contributed by atoms with Gasteiger partial charge >= 0.3 is 0 Å². The number of H-pyrrole nitrogens is 1. The minimum atomic E-state index is 0.657. The van der Waals surface area contributed by atoms with Gasteiger partial charge in [0.05, 0.1) is 0 Å². The number of nitrogens with one attached hydrogen (secondary N) is 1. The van der Waals surface area contributed by atoms with Crippen LogP contribution in [0.15, 0.2) is 12.1 Å². The first-order valence-electron chi connectivity index (χ1n) is 5.46. The highest BCUT2D eigenvalue weighted by molar-refractivity contribution is 7.15. The lowest BCUT2D eigenvalue weighted by Crippen LogP contribution is -1.83. The maximum Gasteiger partial charge on any atom is 0.0399 e. The van der Waals surface area contributed by atoms with Crippen LogP contribution < -0.4 is 0 Å². The molecular weight excluding hydrogens is 202 g/mol. The van der Waals surface area contributed by atoms with Crippen LogP contribution in [0, 0.1) is 6.92 Å². The molecule has 15 heavy (non-hydrogen) atoms. The average Bonchev–Trinajstić information content (AvgIpc) is 2.73. The van der Waals surface area contributed by atoms with E-state index in [0.29, 0.717) is 5.92 Å². The zero-order valence-corrected chi connectivity index (χ0v) is 10.2. The summed E-state index contributed by atoms with van der Waals surface area (Å²) < 4.78 is 0. The van der Waals surface area contributed by atoms with E-state index in [0.717, 1.165) is 6.42 Å². The smallest absolute Gasteiger partial charge is 0.0399 e. The molecule has 0 saturated heterocycles. The van der Waals surface area contributed by atoms with E-state index in [2.05, 4.69) is 37.9 Å². The fourth-order valence-electron chi connectivity index (χ4n) is 2.27. The van der Waals surface area contributed by atoms with E-state index in [9.17, 15) is 0 Å². The molecule has 3 rings (SSSR count). The first-order valence-corrected chi connectivity index (χ1v) is 6.28. The standard InChI is InChI=1S/C13H15NS/c1-7(2)12-6-9-5-11-10(13(9)15-12)4-8(3)14-11/h4,6-7,14H,5H2,1-3H3. The summed E-state index contributed by atoms with van der Waals surface area (Å²) in [4.78, 5) is 6.46. The molecule has 0 amide bonds. The minimum Gasteiger partial charge on any atom is -0.362 e. The molecule has 0 spiro atoms. The minimum absolute atomic E-state index is 0.657. The number of thiophene rings is 1. The number of aromatic amines is 1. The Kier molecular flexibility index (Phi) is 1.84. The summed E-state index contributed by atoms with van der Waals surface area (Å²) in [5.41, 5.74) is 5.65. The van der Waals surface area contributed by atoms with Crippen LogP contribution in [0.5, 0.6) is 0 Å². The molecule has 1 aliphatic carbocycles. The second kappa shape index (κ2) is 2.99. The number of hydrogen-bond acceptors (Lipinski definition) is 1. The van der Waals surface area contributed by atoms with E-state index in [1.54, 1.807) is 0 Å². The van der Waals surface area contributed by atoms with E-state index >= 15 is 0 Å². The number of fused-ring (bicyclic) bond motifs is 3. The molecule has 0 fully saturated rings. The van der Waals surface area contributed by atoms with Crippen LogP contribution in [0.1, 0.15) is 41.6 Å². The van der Waals surface area contributed by atoms with E-state index in [4.69, 9.17) is 0 Å². The molecule has 0 radical (unpaired) electrons. The maximum absolute atomic E-state index is 3.44. The summed E-state index contributed by atoms with van der Waals surface area (Å²) in [6.45, 7) is 6.67. The Morgan fingerprint density at radius 3 is 2.87 bits per heavy atom. The molecule has 2 heteroatoms. The molecule has 78 valence electrons. The Hall–Kier alpha value is -1.02. The van der Waals surface area contributed by atoms with Crippen molar-refractivity contribution in [2.75, 3.05) is 0 Å². The van der Waals surface area contributed by atoms with Gasteiger partial charge in [-0.1, -0.05) is 13.8 Å². The predicted octanol–water partition coefficient (Wildman–Crippen LogP) is 4.08. The fourth-order valence-corrected chi connectivity index (χ4v) is 3.50. The van der Waals surface area contributed by atoms with Crippen LogP contribution in [0.25, 0.3) is 10.4 Å². The molecule has 1 aliphatic rings. The highest BCUT2D eigenvalue weighted by Crippen LogP contribution is 2.44. The SMILES string of the molecule is Cc1cc2c([nH]1)Cc1cc(C(C)C)sc1-2. The molecule has 2 aromatic heterocycles. The zero-order valence-electron chi connectivity index (χ0n) is 9.35.